The van der Waals surface area contributed by atoms with E-state index in [1.165, 1.54) is 0 Å². The molecule has 1 heterocycles. The lowest BCUT2D eigenvalue weighted by Crippen LogP contribution is -2.47. The Labute approximate surface area is 108 Å². The molecule has 18 heavy (non-hydrogen) atoms. The average molecular weight is 254 g/mol. The third-order valence-electron chi connectivity index (χ3n) is 3.83. The molecule has 0 radical (unpaired) electrons. The van der Waals surface area contributed by atoms with E-state index in [1.54, 1.807) is 4.90 Å². The number of carboxylic acid groups (broad SMARTS) is 1. The molecule has 2 amide bonds. The number of nitrogens with zero attached hydrogens (tertiary/aromatic N) is 1. The van der Waals surface area contributed by atoms with Crippen molar-refractivity contribution in [2.75, 3.05) is 13.1 Å². The maximum absolute atomic E-state index is 12.0. The summed E-state index contributed by atoms with van der Waals surface area (Å²) in [7, 11) is 0. The average Bonchev–Trinajstić information content (AvgIpc) is 3.00. The first kappa shape index (κ1) is 13.2. The number of carbonyl (C=O) groups excluding carboxylic acids is 1. The Morgan fingerprint density at radius 3 is 2.56 bits per heavy atom. The minimum atomic E-state index is -0.922. The number of carbonyl (C=O) groups is 2. The zero-order chi connectivity index (χ0) is 13.3. The number of hydrogen-bond donors (Lipinski definition) is 2. The van der Waals surface area contributed by atoms with Crippen molar-refractivity contribution >= 4 is 12.0 Å². The maximum atomic E-state index is 12.0. The van der Waals surface area contributed by atoms with E-state index < -0.39 is 12.0 Å². The fourth-order valence-corrected chi connectivity index (χ4v) is 2.43. The van der Waals surface area contributed by atoms with Crippen molar-refractivity contribution in [1.29, 1.82) is 0 Å². The van der Waals surface area contributed by atoms with Crippen molar-refractivity contribution in [2.45, 2.75) is 45.6 Å². The number of rotatable bonds is 4. The zero-order valence-electron chi connectivity index (χ0n) is 11.1. The predicted octanol–water partition coefficient (Wildman–Crippen LogP) is 1.68. The molecule has 0 aromatic heterocycles. The Morgan fingerprint density at radius 1 is 1.44 bits per heavy atom. The lowest BCUT2D eigenvalue weighted by atomic mass is 9.93. The van der Waals surface area contributed by atoms with Crippen LogP contribution in [-0.2, 0) is 4.79 Å². The fourth-order valence-electron chi connectivity index (χ4n) is 2.43. The van der Waals surface area contributed by atoms with Crippen LogP contribution in [0.5, 0.6) is 0 Å². The van der Waals surface area contributed by atoms with E-state index in [-0.39, 0.29) is 11.4 Å². The molecule has 1 aliphatic heterocycles. The number of hydrogen-bond acceptors (Lipinski definition) is 2. The number of likely N-dealkylation sites (tertiary alicyclic amines) is 1. The number of urea groups is 1. The normalized spacial score (nSPS) is 23.8. The van der Waals surface area contributed by atoms with Gasteiger partial charge in [-0.15, -0.1) is 0 Å². The van der Waals surface area contributed by atoms with E-state index in [4.69, 9.17) is 5.11 Å². The molecule has 2 N–H and O–H groups in total. The van der Waals surface area contributed by atoms with Gasteiger partial charge in [0, 0.05) is 13.1 Å². The second-order valence-electron chi connectivity index (χ2n) is 6.36. The molecule has 1 unspecified atom stereocenters. The van der Waals surface area contributed by atoms with Crippen LogP contribution in [0, 0.1) is 11.3 Å². The van der Waals surface area contributed by atoms with Crippen molar-refractivity contribution < 1.29 is 14.7 Å². The van der Waals surface area contributed by atoms with Crippen LogP contribution in [0.25, 0.3) is 0 Å². The molecule has 0 aromatic carbocycles. The smallest absolute Gasteiger partial charge is 0.326 e. The van der Waals surface area contributed by atoms with Crippen LogP contribution in [0.4, 0.5) is 4.79 Å². The highest BCUT2D eigenvalue weighted by atomic mass is 16.4. The van der Waals surface area contributed by atoms with E-state index in [9.17, 15) is 9.59 Å². The summed E-state index contributed by atoms with van der Waals surface area (Å²) in [6.07, 6.45) is 3.73. The zero-order valence-corrected chi connectivity index (χ0v) is 11.1. The van der Waals surface area contributed by atoms with E-state index in [0.29, 0.717) is 25.4 Å². The van der Waals surface area contributed by atoms with Gasteiger partial charge in [-0.1, -0.05) is 26.7 Å². The number of nitrogens with one attached hydrogen (secondary N) is 1. The Balaban J connectivity index is 1.86. The third kappa shape index (κ3) is 3.37. The SMILES string of the molecule is CC1(C)CCN(C(=O)NC(CC2CC2)C(=O)O)C1. The van der Waals surface area contributed by atoms with Crippen molar-refractivity contribution in [1.82, 2.24) is 10.2 Å². The summed E-state index contributed by atoms with van der Waals surface area (Å²) >= 11 is 0. The van der Waals surface area contributed by atoms with Crippen molar-refractivity contribution in [3.63, 3.8) is 0 Å². The summed E-state index contributed by atoms with van der Waals surface area (Å²) in [5.74, 6) is -0.435. The minimum Gasteiger partial charge on any atom is -0.480 e. The summed E-state index contributed by atoms with van der Waals surface area (Å²) in [6.45, 7) is 5.67. The van der Waals surface area contributed by atoms with Gasteiger partial charge in [0.05, 0.1) is 0 Å². The van der Waals surface area contributed by atoms with Crippen molar-refractivity contribution in [3.8, 4) is 0 Å². The quantitative estimate of drug-likeness (QED) is 0.802. The largest absolute Gasteiger partial charge is 0.480 e. The van der Waals surface area contributed by atoms with E-state index in [1.807, 2.05) is 0 Å². The summed E-state index contributed by atoms with van der Waals surface area (Å²) in [6, 6.07) is -0.956. The van der Waals surface area contributed by atoms with E-state index in [2.05, 4.69) is 19.2 Å². The van der Waals surface area contributed by atoms with E-state index in [0.717, 1.165) is 19.3 Å². The van der Waals surface area contributed by atoms with Gasteiger partial charge in [-0.2, -0.15) is 0 Å². The molecule has 2 fully saturated rings. The standard InChI is InChI=1S/C13H22N2O3/c1-13(2)5-6-15(8-13)12(18)14-10(11(16)17)7-9-3-4-9/h9-10H,3-8H2,1-2H3,(H,14,18)(H,16,17). The lowest BCUT2D eigenvalue weighted by molar-refractivity contribution is -0.139. The number of aliphatic carboxylic acids is 1. The number of amides is 2. The highest BCUT2D eigenvalue weighted by Crippen LogP contribution is 2.34. The second kappa shape index (κ2) is 4.78. The molecule has 5 heteroatoms. The molecule has 0 aromatic rings. The maximum Gasteiger partial charge on any atom is 0.326 e. The molecule has 0 spiro atoms. The van der Waals surface area contributed by atoms with Crippen LogP contribution in [0.2, 0.25) is 0 Å². The van der Waals surface area contributed by atoms with Gasteiger partial charge >= 0.3 is 12.0 Å². The first-order valence-corrected chi connectivity index (χ1v) is 6.66. The van der Waals surface area contributed by atoms with Gasteiger partial charge < -0.3 is 15.3 Å². The monoisotopic (exact) mass is 254 g/mol. The Bertz CT molecular complexity index is 350. The van der Waals surface area contributed by atoms with Crippen LogP contribution in [0.1, 0.15) is 39.5 Å². The minimum absolute atomic E-state index is 0.145. The second-order valence-corrected chi connectivity index (χ2v) is 6.36. The molecule has 0 bridgehead atoms. The molecular weight excluding hydrogens is 232 g/mol. The Hall–Kier alpha value is -1.26. The van der Waals surface area contributed by atoms with Gasteiger partial charge in [0.25, 0.3) is 0 Å². The van der Waals surface area contributed by atoms with Gasteiger partial charge in [-0.25, -0.2) is 9.59 Å². The summed E-state index contributed by atoms with van der Waals surface area (Å²) in [5.41, 5.74) is 0.145. The molecule has 1 saturated carbocycles. The molecule has 1 saturated heterocycles. The Kier molecular flexibility index (Phi) is 3.50. The van der Waals surface area contributed by atoms with Gasteiger partial charge in [-0.05, 0) is 24.2 Å². The molecule has 2 rings (SSSR count). The van der Waals surface area contributed by atoms with E-state index >= 15 is 0 Å². The van der Waals surface area contributed by atoms with Crippen LogP contribution in [-0.4, -0.2) is 41.1 Å². The van der Waals surface area contributed by atoms with Gasteiger partial charge in [0.1, 0.15) is 6.04 Å². The molecular formula is C13H22N2O3. The highest BCUT2D eigenvalue weighted by Gasteiger charge is 2.35. The van der Waals surface area contributed by atoms with Gasteiger partial charge in [0.15, 0.2) is 0 Å². The van der Waals surface area contributed by atoms with Gasteiger partial charge in [-0.3, -0.25) is 0 Å². The van der Waals surface area contributed by atoms with Crippen LogP contribution >= 0.6 is 0 Å². The molecule has 1 atom stereocenters. The summed E-state index contributed by atoms with van der Waals surface area (Å²) in [4.78, 5) is 24.8. The summed E-state index contributed by atoms with van der Waals surface area (Å²) in [5, 5.41) is 11.8. The third-order valence-corrected chi connectivity index (χ3v) is 3.83. The fraction of sp³-hybridized carbons (Fsp3) is 0.846. The molecule has 5 nitrogen and oxygen atoms in total. The predicted molar refractivity (Wildman–Crippen MR) is 67.3 cm³/mol. The van der Waals surface area contributed by atoms with Crippen LogP contribution < -0.4 is 5.32 Å². The highest BCUT2D eigenvalue weighted by molar-refractivity contribution is 5.82. The van der Waals surface area contributed by atoms with Crippen molar-refractivity contribution in [2.24, 2.45) is 11.3 Å². The molecule has 2 aliphatic rings. The lowest BCUT2D eigenvalue weighted by Gasteiger charge is -2.22. The van der Waals surface area contributed by atoms with Crippen molar-refractivity contribution in [3.05, 3.63) is 0 Å². The topological polar surface area (TPSA) is 69.6 Å². The van der Waals surface area contributed by atoms with Crippen LogP contribution in [0.3, 0.4) is 0 Å². The summed E-state index contributed by atoms with van der Waals surface area (Å²) < 4.78 is 0. The van der Waals surface area contributed by atoms with Crippen LogP contribution in [0.15, 0.2) is 0 Å². The first-order chi connectivity index (χ1) is 8.37. The number of carboxylic acids is 1. The first-order valence-electron chi connectivity index (χ1n) is 6.66. The molecule has 102 valence electrons. The molecule has 1 aliphatic carbocycles. The Morgan fingerprint density at radius 2 is 2.11 bits per heavy atom. The van der Waals surface area contributed by atoms with Gasteiger partial charge in [0.2, 0.25) is 0 Å².